The highest BCUT2D eigenvalue weighted by Gasteiger charge is 2.17. The van der Waals surface area contributed by atoms with Crippen LogP contribution in [0.1, 0.15) is 53.0 Å². The summed E-state index contributed by atoms with van der Waals surface area (Å²) in [6.45, 7) is 12.0. The molecule has 0 aliphatic rings. The number of hydrogen-bond acceptors (Lipinski definition) is 4. The van der Waals surface area contributed by atoms with Gasteiger partial charge in [-0.25, -0.2) is 4.79 Å². The van der Waals surface area contributed by atoms with E-state index in [9.17, 15) is 4.79 Å². The molecule has 0 bridgehead atoms. The molecule has 2 N–H and O–H groups in total. The third kappa shape index (κ3) is 7.45. The fourth-order valence-electron chi connectivity index (χ4n) is 2.08. The van der Waals surface area contributed by atoms with E-state index in [0.29, 0.717) is 6.54 Å². The number of carbonyl (C=O) groups is 1. The molecule has 1 heterocycles. The molecule has 1 rings (SSSR count). The standard InChI is InChI=1S/C16H30N4O2/c1-6-8-14(11-18-15(21)22-16(3,4)5)17-9-13-10-19-20(7-2)12-13/h10,12,14,17H,6-9,11H2,1-5H3,(H,18,21). The highest BCUT2D eigenvalue weighted by molar-refractivity contribution is 5.67. The van der Waals surface area contributed by atoms with Crippen LogP contribution in [0.5, 0.6) is 0 Å². The van der Waals surface area contributed by atoms with E-state index < -0.39 is 5.60 Å². The van der Waals surface area contributed by atoms with Crippen LogP contribution in [0.15, 0.2) is 12.4 Å². The van der Waals surface area contributed by atoms with Crippen LogP contribution in [0.25, 0.3) is 0 Å². The van der Waals surface area contributed by atoms with Crippen LogP contribution < -0.4 is 10.6 Å². The summed E-state index contributed by atoms with van der Waals surface area (Å²) in [6.07, 6.45) is 5.60. The summed E-state index contributed by atoms with van der Waals surface area (Å²) in [5.74, 6) is 0. The Morgan fingerprint density at radius 3 is 2.68 bits per heavy atom. The molecular formula is C16H30N4O2. The van der Waals surface area contributed by atoms with Gasteiger partial charge in [0, 0.05) is 37.4 Å². The number of ether oxygens (including phenoxy) is 1. The van der Waals surface area contributed by atoms with Crippen molar-refractivity contribution in [2.75, 3.05) is 6.54 Å². The number of carbonyl (C=O) groups excluding carboxylic acids is 1. The van der Waals surface area contributed by atoms with Crippen LogP contribution in [0.4, 0.5) is 4.79 Å². The molecular weight excluding hydrogens is 280 g/mol. The first-order valence-electron chi connectivity index (χ1n) is 8.05. The Morgan fingerprint density at radius 2 is 2.14 bits per heavy atom. The molecule has 0 aromatic carbocycles. The van der Waals surface area contributed by atoms with Crippen LogP contribution in [0.2, 0.25) is 0 Å². The van der Waals surface area contributed by atoms with Crippen molar-refractivity contribution in [2.24, 2.45) is 0 Å². The van der Waals surface area contributed by atoms with Gasteiger partial charge < -0.3 is 15.4 Å². The summed E-state index contributed by atoms with van der Waals surface area (Å²) in [7, 11) is 0. The third-order valence-corrected chi connectivity index (χ3v) is 3.13. The number of alkyl carbamates (subject to hydrolysis) is 1. The lowest BCUT2D eigenvalue weighted by atomic mass is 10.1. The Kier molecular flexibility index (Phi) is 7.38. The molecule has 0 saturated carbocycles. The molecule has 1 unspecified atom stereocenters. The highest BCUT2D eigenvalue weighted by Crippen LogP contribution is 2.07. The van der Waals surface area contributed by atoms with Gasteiger partial charge in [-0.05, 0) is 34.1 Å². The Morgan fingerprint density at radius 1 is 1.41 bits per heavy atom. The lowest BCUT2D eigenvalue weighted by Crippen LogP contribution is -2.42. The number of hydrogen-bond donors (Lipinski definition) is 2. The summed E-state index contributed by atoms with van der Waals surface area (Å²) in [5, 5.41) is 10.6. The molecule has 0 spiro atoms. The monoisotopic (exact) mass is 310 g/mol. The maximum absolute atomic E-state index is 11.7. The van der Waals surface area contributed by atoms with Gasteiger partial charge in [0.15, 0.2) is 0 Å². The average Bonchev–Trinajstić information content (AvgIpc) is 2.88. The van der Waals surface area contributed by atoms with Crippen LogP contribution in [0.3, 0.4) is 0 Å². The van der Waals surface area contributed by atoms with E-state index in [2.05, 4.69) is 29.6 Å². The van der Waals surface area contributed by atoms with Crippen molar-refractivity contribution in [3.8, 4) is 0 Å². The van der Waals surface area contributed by atoms with Gasteiger partial charge in [0.05, 0.1) is 6.20 Å². The summed E-state index contributed by atoms with van der Waals surface area (Å²) in [5.41, 5.74) is 0.687. The lowest BCUT2D eigenvalue weighted by molar-refractivity contribution is 0.0521. The molecule has 0 radical (unpaired) electrons. The maximum Gasteiger partial charge on any atom is 0.407 e. The van der Waals surface area contributed by atoms with Gasteiger partial charge in [0.25, 0.3) is 0 Å². The Balaban J connectivity index is 2.39. The van der Waals surface area contributed by atoms with Gasteiger partial charge in [-0.2, -0.15) is 5.10 Å². The summed E-state index contributed by atoms with van der Waals surface area (Å²) >= 11 is 0. The van der Waals surface area contributed by atoms with Gasteiger partial charge in [-0.3, -0.25) is 4.68 Å². The molecule has 0 aliphatic carbocycles. The van der Waals surface area contributed by atoms with E-state index >= 15 is 0 Å². The number of nitrogens with one attached hydrogen (secondary N) is 2. The number of amides is 1. The molecule has 0 fully saturated rings. The zero-order valence-electron chi connectivity index (χ0n) is 14.5. The molecule has 126 valence electrons. The highest BCUT2D eigenvalue weighted by atomic mass is 16.6. The SMILES string of the molecule is CCCC(CNC(=O)OC(C)(C)C)NCc1cnn(CC)c1. The lowest BCUT2D eigenvalue weighted by Gasteiger charge is -2.22. The van der Waals surface area contributed by atoms with E-state index in [0.717, 1.165) is 31.5 Å². The zero-order valence-corrected chi connectivity index (χ0v) is 14.5. The second-order valence-corrected chi connectivity index (χ2v) is 6.45. The number of rotatable bonds is 8. The molecule has 1 aromatic rings. The van der Waals surface area contributed by atoms with Gasteiger partial charge >= 0.3 is 6.09 Å². The number of aryl methyl sites for hydroxylation is 1. The van der Waals surface area contributed by atoms with E-state index in [1.54, 1.807) is 0 Å². The predicted octanol–water partition coefficient (Wildman–Crippen LogP) is 2.69. The smallest absolute Gasteiger partial charge is 0.407 e. The normalized spacial score (nSPS) is 13.0. The van der Waals surface area contributed by atoms with Crippen LogP contribution in [0, 0.1) is 0 Å². The van der Waals surface area contributed by atoms with E-state index in [-0.39, 0.29) is 12.1 Å². The van der Waals surface area contributed by atoms with Gasteiger partial charge in [0.2, 0.25) is 0 Å². The average molecular weight is 310 g/mol. The molecule has 1 amide bonds. The maximum atomic E-state index is 11.7. The topological polar surface area (TPSA) is 68.2 Å². The molecule has 6 nitrogen and oxygen atoms in total. The van der Waals surface area contributed by atoms with Crippen molar-refractivity contribution in [2.45, 2.75) is 72.2 Å². The largest absolute Gasteiger partial charge is 0.444 e. The van der Waals surface area contributed by atoms with Gasteiger partial charge in [-0.15, -0.1) is 0 Å². The van der Waals surface area contributed by atoms with E-state index in [4.69, 9.17) is 4.74 Å². The van der Waals surface area contributed by atoms with Crippen molar-refractivity contribution < 1.29 is 9.53 Å². The third-order valence-electron chi connectivity index (χ3n) is 3.13. The number of aromatic nitrogens is 2. The molecule has 0 aliphatic heterocycles. The second kappa shape index (κ2) is 8.78. The van der Waals surface area contributed by atoms with Crippen molar-refractivity contribution >= 4 is 6.09 Å². The summed E-state index contributed by atoms with van der Waals surface area (Å²) < 4.78 is 7.16. The quantitative estimate of drug-likeness (QED) is 0.774. The molecule has 22 heavy (non-hydrogen) atoms. The minimum Gasteiger partial charge on any atom is -0.444 e. The first-order chi connectivity index (χ1) is 10.3. The fraction of sp³-hybridized carbons (Fsp3) is 0.750. The molecule has 6 heteroatoms. The van der Waals surface area contributed by atoms with Gasteiger partial charge in [0.1, 0.15) is 5.60 Å². The minimum absolute atomic E-state index is 0.225. The van der Waals surface area contributed by atoms with E-state index in [1.807, 2.05) is 37.8 Å². The van der Waals surface area contributed by atoms with Crippen molar-refractivity contribution in [3.05, 3.63) is 18.0 Å². The molecule has 1 aromatic heterocycles. The van der Waals surface area contributed by atoms with Crippen molar-refractivity contribution in [1.82, 2.24) is 20.4 Å². The summed E-state index contributed by atoms with van der Waals surface area (Å²) in [4.78, 5) is 11.7. The van der Waals surface area contributed by atoms with Crippen LogP contribution in [-0.2, 0) is 17.8 Å². The first kappa shape index (κ1) is 18.5. The van der Waals surface area contributed by atoms with Crippen molar-refractivity contribution in [3.63, 3.8) is 0 Å². The molecule has 1 atom stereocenters. The number of nitrogens with zero attached hydrogens (tertiary/aromatic N) is 2. The fourth-order valence-corrected chi connectivity index (χ4v) is 2.08. The van der Waals surface area contributed by atoms with Crippen molar-refractivity contribution in [1.29, 1.82) is 0 Å². The first-order valence-corrected chi connectivity index (χ1v) is 8.05. The zero-order chi connectivity index (χ0) is 16.6. The second-order valence-electron chi connectivity index (χ2n) is 6.45. The predicted molar refractivity (Wildman–Crippen MR) is 87.7 cm³/mol. The van der Waals surface area contributed by atoms with Crippen LogP contribution in [-0.4, -0.2) is 34.1 Å². The summed E-state index contributed by atoms with van der Waals surface area (Å²) in [6, 6.07) is 0.225. The Bertz CT molecular complexity index is 451. The van der Waals surface area contributed by atoms with E-state index in [1.165, 1.54) is 0 Å². The van der Waals surface area contributed by atoms with Gasteiger partial charge in [-0.1, -0.05) is 13.3 Å². The van der Waals surface area contributed by atoms with Crippen LogP contribution >= 0.6 is 0 Å². The Hall–Kier alpha value is -1.56. The Labute approximate surface area is 133 Å². The minimum atomic E-state index is -0.466. The molecule has 0 saturated heterocycles.